The second kappa shape index (κ2) is 10.6. The highest BCUT2D eigenvalue weighted by Crippen LogP contribution is 2.33. The molecule has 0 N–H and O–H groups in total. The largest absolute Gasteiger partial charge is 0.493 e. The quantitative estimate of drug-likeness (QED) is 0.290. The summed E-state index contributed by atoms with van der Waals surface area (Å²) in [5.74, 6) is 1.22. The van der Waals surface area contributed by atoms with Gasteiger partial charge < -0.3 is 14.2 Å². The molecule has 0 spiro atoms. The van der Waals surface area contributed by atoms with Crippen molar-refractivity contribution in [1.82, 2.24) is 0 Å². The zero-order chi connectivity index (χ0) is 19.6. The van der Waals surface area contributed by atoms with Crippen LogP contribution in [0.15, 0.2) is 48.6 Å². The average molecular weight is 370 g/mol. The van der Waals surface area contributed by atoms with Crippen LogP contribution in [-0.2, 0) is 9.53 Å². The molecule has 4 nitrogen and oxygen atoms in total. The van der Waals surface area contributed by atoms with Gasteiger partial charge in [-0.25, -0.2) is 4.79 Å². The van der Waals surface area contributed by atoms with Gasteiger partial charge in [0.25, 0.3) is 0 Å². The summed E-state index contributed by atoms with van der Waals surface area (Å²) < 4.78 is 17.2. The van der Waals surface area contributed by atoms with Crippen LogP contribution >= 0.6 is 0 Å². The number of hydrogen-bond acceptors (Lipinski definition) is 4. The van der Waals surface area contributed by atoms with Crippen LogP contribution in [0.2, 0.25) is 0 Å². The third-order valence-corrected chi connectivity index (χ3v) is 4.23. The van der Waals surface area contributed by atoms with E-state index in [0.29, 0.717) is 5.57 Å². The Morgan fingerprint density at radius 3 is 2.22 bits per heavy atom. The predicted molar refractivity (Wildman–Crippen MR) is 109 cm³/mol. The number of carbonyl (C=O) groups excluding carboxylic acids is 1. The number of ether oxygens (including phenoxy) is 3. The van der Waals surface area contributed by atoms with Crippen LogP contribution in [0.25, 0.3) is 10.8 Å². The van der Waals surface area contributed by atoms with E-state index >= 15 is 0 Å². The van der Waals surface area contributed by atoms with Gasteiger partial charge in [0.15, 0.2) is 0 Å². The molecule has 0 radical (unpaired) electrons. The summed E-state index contributed by atoms with van der Waals surface area (Å²) in [6.45, 7) is 10.2. The Labute approximate surface area is 162 Å². The molecule has 0 amide bonds. The minimum Gasteiger partial charge on any atom is -0.493 e. The second-order valence-electron chi connectivity index (χ2n) is 6.82. The summed E-state index contributed by atoms with van der Waals surface area (Å²) in [6.07, 6.45) is 4.35. The van der Waals surface area contributed by atoms with Gasteiger partial charge in [-0.1, -0.05) is 57.0 Å². The first-order valence-electron chi connectivity index (χ1n) is 9.66. The van der Waals surface area contributed by atoms with Gasteiger partial charge in [0.1, 0.15) is 24.2 Å². The Morgan fingerprint density at radius 2 is 1.63 bits per heavy atom. The van der Waals surface area contributed by atoms with Gasteiger partial charge in [-0.2, -0.15) is 0 Å². The van der Waals surface area contributed by atoms with Gasteiger partial charge >= 0.3 is 5.97 Å². The average Bonchev–Trinajstić information content (AvgIpc) is 2.66. The number of esters is 1. The molecule has 0 aromatic heterocycles. The van der Waals surface area contributed by atoms with Gasteiger partial charge in [-0.05, 0) is 32.4 Å². The van der Waals surface area contributed by atoms with Crippen molar-refractivity contribution in [3.63, 3.8) is 0 Å². The second-order valence-corrected chi connectivity index (χ2v) is 6.82. The van der Waals surface area contributed by atoms with E-state index in [4.69, 9.17) is 14.2 Å². The molecular weight excluding hydrogens is 340 g/mol. The lowest BCUT2D eigenvalue weighted by molar-refractivity contribution is -0.144. The van der Waals surface area contributed by atoms with Crippen LogP contribution in [0.4, 0.5) is 0 Å². The van der Waals surface area contributed by atoms with Crippen molar-refractivity contribution in [2.24, 2.45) is 0 Å². The van der Waals surface area contributed by atoms with Gasteiger partial charge in [0.05, 0.1) is 6.61 Å². The summed E-state index contributed by atoms with van der Waals surface area (Å²) in [5.41, 5.74) is 0.382. The zero-order valence-electron chi connectivity index (χ0n) is 16.6. The SMILES string of the molecule is C=C(C)C(=O)OC(C)COc1ccc(OCCCCCC)c2ccccc12. The molecule has 2 aromatic rings. The van der Waals surface area contributed by atoms with Gasteiger partial charge in [-0.3, -0.25) is 0 Å². The monoisotopic (exact) mass is 370 g/mol. The minimum atomic E-state index is -0.400. The normalized spacial score (nSPS) is 11.8. The van der Waals surface area contributed by atoms with Crippen molar-refractivity contribution in [2.45, 2.75) is 52.6 Å². The molecule has 1 unspecified atom stereocenters. The lowest BCUT2D eigenvalue weighted by atomic mass is 10.1. The number of carbonyl (C=O) groups is 1. The molecule has 0 saturated heterocycles. The Bertz CT molecular complexity index is 766. The van der Waals surface area contributed by atoms with E-state index in [2.05, 4.69) is 13.5 Å². The fraction of sp³-hybridized carbons (Fsp3) is 0.435. The maximum absolute atomic E-state index is 11.6. The van der Waals surface area contributed by atoms with Crippen molar-refractivity contribution >= 4 is 16.7 Å². The molecule has 0 saturated carbocycles. The first-order valence-corrected chi connectivity index (χ1v) is 9.66. The van der Waals surface area contributed by atoms with Gasteiger partial charge in [0, 0.05) is 16.3 Å². The molecule has 0 fully saturated rings. The fourth-order valence-corrected chi connectivity index (χ4v) is 2.73. The molecule has 146 valence electrons. The molecule has 1 atom stereocenters. The van der Waals surface area contributed by atoms with E-state index in [1.807, 2.05) is 36.4 Å². The highest BCUT2D eigenvalue weighted by Gasteiger charge is 2.13. The van der Waals surface area contributed by atoms with Crippen LogP contribution in [-0.4, -0.2) is 25.3 Å². The van der Waals surface area contributed by atoms with E-state index in [-0.39, 0.29) is 12.7 Å². The van der Waals surface area contributed by atoms with Gasteiger partial charge in [0.2, 0.25) is 0 Å². The molecule has 0 aliphatic rings. The molecule has 2 aromatic carbocycles. The molecule has 0 heterocycles. The highest BCUT2D eigenvalue weighted by molar-refractivity contribution is 5.93. The van der Waals surface area contributed by atoms with Crippen molar-refractivity contribution in [3.8, 4) is 11.5 Å². The minimum absolute atomic E-state index is 0.278. The summed E-state index contributed by atoms with van der Waals surface area (Å²) in [5, 5.41) is 2.01. The summed E-state index contributed by atoms with van der Waals surface area (Å²) in [4.78, 5) is 11.6. The van der Waals surface area contributed by atoms with E-state index in [9.17, 15) is 4.79 Å². The third-order valence-electron chi connectivity index (χ3n) is 4.23. The highest BCUT2D eigenvalue weighted by atomic mass is 16.6. The lowest BCUT2D eigenvalue weighted by Crippen LogP contribution is -2.22. The van der Waals surface area contributed by atoms with Crippen LogP contribution < -0.4 is 9.47 Å². The van der Waals surface area contributed by atoms with Crippen LogP contribution in [0, 0.1) is 0 Å². The van der Waals surface area contributed by atoms with Gasteiger partial charge in [-0.15, -0.1) is 0 Å². The first-order chi connectivity index (χ1) is 13.0. The van der Waals surface area contributed by atoms with Crippen molar-refractivity contribution in [1.29, 1.82) is 0 Å². The first kappa shape index (κ1) is 20.8. The van der Waals surface area contributed by atoms with E-state index < -0.39 is 5.97 Å². The van der Waals surface area contributed by atoms with Crippen molar-refractivity contribution in [3.05, 3.63) is 48.6 Å². The van der Waals surface area contributed by atoms with Crippen molar-refractivity contribution in [2.75, 3.05) is 13.2 Å². The Hall–Kier alpha value is -2.49. The smallest absolute Gasteiger partial charge is 0.333 e. The maximum Gasteiger partial charge on any atom is 0.333 e. The number of hydrogen-bond donors (Lipinski definition) is 0. The number of unbranched alkanes of at least 4 members (excludes halogenated alkanes) is 3. The molecule has 4 heteroatoms. The zero-order valence-corrected chi connectivity index (χ0v) is 16.6. The van der Waals surface area contributed by atoms with Crippen LogP contribution in [0.1, 0.15) is 46.5 Å². The standard InChI is InChI=1S/C23H30O4/c1-5-6-7-10-15-25-21-13-14-22(20-12-9-8-11-19(20)21)26-16-18(4)27-23(24)17(2)3/h8-9,11-14,18H,2,5-7,10,15-16H2,1,3-4H3. The van der Waals surface area contributed by atoms with Crippen molar-refractivity contribution < 1.29 is 19.0 Å². The fourth-order valence-electron chi connectivity index (χ4n) is 2.73. The molecular formula is C23H30O4. The molecule has 0 aliphatic heterocycles. The molecule has 2 rings (SSSR count). The molecule has 0 bridgehead atoms. The Morgan fingerprint density at radius 1 is 1.00 bits per heavy atom. The van der Waals surface area contributed by atoms with E-state index in [1.54, 1.807) is 13.8 Å². The Kier molecular flexibility index (Phi) is 8.18. The predicted octanol–water partition coefficient (Wildman–Crippen LogP) is 5.69. The summed E-state index contributed by atoms with van der Waals surface area (Å²) >= 11 is 0. The Balaban J connectivity index is 2.03. The summed E-state index contributed by atoms with van der Waals surface area (Å²) in [7, 11) is 0. The van der Waals surface area contributed by atoms with Crippen LogP contribution in [0.5, 0.6) is 11.5 Å². The topological polar surface area (TPSA) is 44.8 Å². The number of benzene rings is 2. The number of fused-ring (bicyclic) bond motifs is 1. The maximum atomic E-state index is 11.6. The number of rotatable bonds is 11. The summed E-state index contributed by atoms with van der Waals surface area (Å²) in [6, 6.07) is 11.9. The third kappa shape index (κ3) is 6.31. The lowest BCUT2D eigenvalue weighted by Gasteiger charge is -2.17. The van der Waals surface area contributed by atoms with Crippen LogP contribution in [0.3, 0.4) is 0 Å². The molecule has 27 heavy (non-hydrogen) atoms. The molecule has 0 aliphatic carbocycles. The van der Waals surface area contributed by atoms with E-state index in [1.165, 1.54) is 19.3 Å². The van der Waals surface area contributed by atoms with E-state index in [0.717, 1.165) is 35.3 Å².